The van der Waals surface area contributed by atoms with Crippen molar-refractivity contribution in [2.75, 3.05) is 5.75 Å². The van der Waals surface area contributed by atoms with Gasteiger partial charge in [0.1, 0.15) is 0 Å². The van der Waals surface area contributed by atoms with Crippen molar-refractivity contribution in [3.63, 3.8) is 0 Å². The molecule has 13 heavy (non-hydrogen) atoms. The lowest BCUT2D eigenvalue weighted by atomic mass is 10.1. The molecule has 0 fully saturated rings. The van der Waals surface area contributed by atoms with Crippen molar-refractivity contribution in [2.24, 2.45) is 5.73 Å². The van der Waals surface area contributed by atoms with Gasteiger partial charge in [-0.15, -0.1) is 11.8 Å². The van der Waals surface area contributed by atoms with Gasteiger partial charge in [0.05, 0.1) is 0 Å². The van der Waals surface area contributed by atoms with E-state index >= 15 is 0 Å². The molecule has 1 aliphatic heterocycles. The van der Waals surface area contributed by atoms with Crippen molar-refractivity contribution >= 4 is 23.7 Å². The van der Waals surface area contributed by atoms with E-state index in [2.05, 4.69) is 0 Å². The van der Waals surface area contributed by atoms with Gasteiger partial charge in [0, 0.05) is 16.2 Å². The molecule has 0 spiro atoms. The number of amides is 1. The molecule has 2 rings (SSSR count). The Balaban J connectivity index is 2.44. The fourth-order valence-electron chi connectivity index (χ4n) is 1.26. The minimum Gasteiger partial charge on any atom is -0.366 e. The summed E-state index contributed by atoms with van der Waals surface area (Å²) in [5.41, 5.74) is 6.99. The average molecular weight is 191 g/mol. The first kappa shape index (κ1) is 8.38. The second-order valence-corrected chi connectivity index (χ2v) is 3.88. The number of benzene rings is 1. The molecular formula is C10H9NOS. The van der Waals surface area contributed by atoms with Gasteiger partial charge in [-0.25, -0.2) is 0 Å². The van der Waals surface area contributed by atoms with Crippen LogP contribution >= 0.6 is 11.8 Å². The zero-order valence-corrected chi connectivity index (χ0v) is 7.80. The van der Waals surface area contributed by atoms with Crippen LogP contribution in [-0.2, 0) is 4.79 Å². The summed E-state index contributed by atoms with van der Waals surface area (Å²) in [7, 11) is 0. The molecule has 1 aromatic rings. The van der Waals surface area contributed by atoms with Gasteiger partial charge in [0.2, 0.25) is 5.91 Å². The lowest BCUT2D eigenvalue weighted by molar-refractivity contribution is -0.114. The zero-order valence-electron chi connectivity index (χ0n) is 6.99. The van der Waals surface area contributed by atoms with Crippen LogP contribution in [0.15, 0.2) is 34.7 Å². The van der Waals surface area contributed by atoms with Gasteiger partial charge in [0.15, 0.2) is 0 Å². The topological polar surface area (TPSA) is 43.1 Å². The van der Waals surface area contributed by atoms with Gasteiger partial charge in [-0.2, -0.15) is 0 Å². The highest BCUT2D eigenvalue weighted by atomic mass is 32.2. The van der Waals surface area contributed by atoms with E-state index in [1.165, 1.54) is 4.90 Å². The summed E-state index contributed by atoms with van der Waals surface area (Å²) in [6.07, 6.45) is 1.87. The highest BCUT2D eigenvalue weighted by molar-refractivity contribution is 7.99. The first-order valence-corrected chi connectivity index (χ1v) is 4.98. The van der Waals surface area contributed by atoms with E-state index in [0.29, 0.717) is 11.3 Å². The first-order chi connectivity index (χ1) is 6.27. The third-order valence-corrected chi connectivity index (χ3v) is 3.09. The quantitative estimate of drug-likeness (QED) is 0.733. The Bertz CT molecular complexity index is 384. The van der Waals surface area contributed by atoms with Gasteiger partial charge in [-0.05, 0) is 17.7 Å². The molecular weight excluding hydrogens is 182 g/mol. The van der Waals surface area contributed by atoms with Crippen LogP contribution in [0.2, 0.25) is 0 Å². The SMILES string of the molecule is NC(=O)C1=Cc2ccccc2SC1. The largest absolute Gasteiger partial charge is 0.366 e. The van der Waals surface area contributed by atoms with Crippen LogP contribution in [0, 0.1) is 0 Å². The smallest absolute Gasteiger partial charge is 0.245 e. The van der Waals surface area contributed by atoms with Gasteiger partial charge in [-0.3, -0.25) is 4.79 Å². The maximum atomic E-state index is 10.9. The Morgan fingerprint density at radius 2 is 2.15 bits per heavy atom. The van der Waals surface area contributed by atoms with Crippen LogP contribution in [0.5, 0.6) is 0 Å². The molecule has 1 aliphatic rings. The van der Waals surface area contributed by atoms with Crippen LogP contribution in [-0.4, -0.2) is 11.7 Å². The summed E-state index contributed by atoms with van der Waals surface area (Å²) in [5.74, 6) is 0.369. The number of carbonyl (C=O) groups is 1. The number of nitrogens with two attached hydrogens (primary N) is 1. The summed E-state index contributed by atoms with van der Waals surface area (Å²) in [6.45, 7) is 0. The summed E-state index contributed by atoms with van der Waals surface area (Å²) in [4.78, 5) is 12.1. The molecule has 1 heterocycles. The minimum absolute atomic E-state index is 0.318. The molecule has 0 atom stereocenters. The van der Waals surface area contributed by atoms with E-state index in [-0.39, 0.29) is 5.91 Å². The second kappa shape index (κ2) is 3.26. The predicted molar refractivity (Wildman–Crippen MR) is 54.3 cm³/mol. The molecule has 0 radical (unpaired) electrons. The van der Waals surface area contributed by atoms with Crippen LogP contribution in [0.25, 0.3) is 6.08 Å². The molecule has 2 nitrogen and oxygen atoms in total. The number of rotatable bonds is 1. The molecule has 0 saturated heterocycles. The minimum atomic E-state index is -0.318. The Kier molecular flexibility index (Phi) is 2.10. The van der Waals surface area contributed by atoms with Gasteiger partial charge in [-0.1, -0.05) is 18.2 Å². The number of hydrogen-bond acceptors (Lipinski definition) is 2. The molecule has 1 aromatic carbocycles. The average Bonchev–Trinajstić information content (AvgIpc) is 2.17. The van der Waals surface area contributed by atoms with Crippen molar-refractivity contribution in [2.45, 2.75) is 4.90 Å². The maximum absolute atomic E-state index is 10.9. The first-order valence-electron chi connectivity index (χ1n) is 3.99. The Morgan fingerprint density at radius 3 is 2.92 bits per heavy atom. The van der Waals surface area contributed by atoms with Crippen LogP contribution in [0.3, 0.4) is 0 Å². The number of thioether (sulfide) groups is 1. The molecule has 0 aromatic heterocycles. The van der Waals surface area contributed by atoms with E-state index in [1.807, 2.05) is 30.3 Å². The van der Waals surface area contributed by atoms with E-state index in [1.54, 1.807) is 11.8 Å². The maximum Gasteiger partial charge on any atom is 0.245 e. The molecule has 3 heteroatoms. The Labute approximate surface area is 80.8 Å². The Morgan fingerprint density at radius 1 is 1.38 bits per heavy atom. The monoisotopic (exact) mass is 191 g/mol. The summed E-state index contributed by atoms with van der Waals surface area (Å²) in [5, 5.41) is 0. The summed E-state index contributed by atoms with van der Waals surface area (Å²) in [6, 6.07) is 7.99. The molecule has 66 valence electrons. The lowest BCUT2D eigenvalue weighted by Crippen LogP contribution is -2.16. The molecule has 2 N–H and O–H groups in total. The molecule has 0 aliphatic carbocycles. The third-order valence-electron chi connectivity index (χ3n) is 1.95. The van der Waals surface area contributed by atoms with Crippen molar-refractivity contribution in [1.29, 1.82) is 0 Å². The van der Waals surface area contributed by atoms with E-state index < -0.39 is 0 Å². The lowest BCUT2D eigenvalue weighted by Gasteiger charge is -2.12. The number of hydrogen-bond donors (Lipinski definition) is 1. The third kappa shape index (κ3) is 1.60. The molecule has 1 amide bonds. The van der Waals surface area contributed by atoms with Crippen molar-refractivity contribution in [3.05, 3.63) is 35.4 Å². The van der Waals surface area contributed by atoms with E-state index in [4.69, 9.17) is 5.73 Å². The number of primary amides is 1. The van der Waals surface area contributed by atoms with Crippen LogP contribution < -0.4 is 5.73 Å². The van der Waals surface area contributed by atoms with E-state index in [0.717, 1.165) is 5.56 Å². The zero-order chi connectivity index (χ0) is 9.26. The predicted octanol–water partition coefficient (Wildman–Crippen LogP) is 1.66. The van der Waals surface area contributed by atoms with Crippen LogP contribution in [0.1, 0.15) is 5.56 Å². The summed E-state index contributed by atoms with van der Waals surface area (Å²) < 4.78 is 0. The number of carbonyl (C=O) groups excluding carboxylic acids is 1. The van der Waals surface area contributed by atoms with E-state index in [9.17, 15) is 4.79 Å². The standard InChI is InChI=1S/C10H9NOS/c11-10(12)8-5-7-3-1-2-4-9(7)13-6-8/h1-5H,6H2,(H2,11,12). The second-order valence-electron chi connectivity index (χ2n) is 2.86. The van der Waals surface area contributed by atoms with Gasteiger partial charge >= 0.3 is 0 Å². The highest BCUT2D eigenvalue weighted by Gasteiger charge is 2.13. The molecule has 0 unspecified atom stereocenters. The van der Waals surface area contributed by atoms with Gasteiger partial charge < -0.3 is 5.73 Å². The van der Waals surface area contributed by atoms with Crippen molar-refractivity contribution < 1.29 is 4.79 Å². The highest BCUT2D eigenvalue weighted by Crippen LogP contribution is 2.30. The fourth-order valence-corrected chi connectivity index (χ4v) is 2.26. The fraction of sp³-hybridized carbons (Fsp3) is 0.100. The van der Waals surface area contributed by atoms with Crippen molar-refractivity contribution in [1.82, 2.24) is 0 Å². The number of fused-ring (bicyclic) bond motifs is 1. The normalized spacial score (nSPS) is 14.6. The molecule has 0 saturated carbocycles. The van der Waals surface area contributed by atoms with Crippen molar-refractivity contribution in [3.8, 4) is 0 Å². The molecule has 0 bridgehead atoms. The van der Waals surface area contributed by atoms with Gasteiger partial charge in [0.25, 0.3) is 0 Å². The van der Waals surface area contributed by atoms with Crippen LogP contribution in [0.4, 0.5) is 0 Å². The summed E-state index contributed by atoms with van der Waals surface area (Å²) >= 11 is 1.66. The Hall–Kier alpha value is -1.22.